The summed E-state index contributed by atoms with van der Waals surface area (Å²) in [7, 11) is 0. The molecule has 1 atom stereocenters. The van der Waals surface area contributed by atoms with Crippen LogP contribution in [0, 0.1) is 0 Å². The lowest BCUT2D eigenvalue weighted by atomic mass is 9.98. The lowest BCUT2D eigenvalue weighted by Gasteiger charge is -2.20. The number of aryl methyl sites for hydroxylation is 1. The van der Waals surface area contributed by atoms with E-state index in [0.29, 0.717) is 6.42 Å². The molecule has 0 bridgehead atoms. The van der Waals surface area contributed by atoms with Crippen LogP contribution in [-0.2, 0) is 11.2 Å². The second kappa shape index (κ2) is 6.76. The highest BCUT2D eigenvalue weighted by molar-refractivity contribution is 7.98. The van der Waals surface area contributed by atoms with Crippen LogP contribution in [0.5, 0.6) is 0 Å². The molecule has 4 nitrogen and oxygen atoms in total. The highest BCUT2D eigenvalue weighted by Crippen LogP contribution is 2.28. The first kappa shape index (κ1) is 16.1. The Morgan fingerprint density at radius 3 is 2.96 bits per heavy atom. The van der Waals surface area contributed by atoms with Crippen LogP contribution in [0.1, 0.15) is 40.2 Å². The van der Waals surface area contributed by atoms with Crippen molar-refractivity contribution < 1.29 is 9.59 Å². The van der Waals surface area contributed by atoms with Crippen LogP contribution >= 0.6 is 23.1 Å². The van der Waals surface area contributed by atoms with Gasteiger partial charge in [-0.1, -0.05) is 12.1 Å². The van der Waals surface area contributed by atoms with Crippen molar-refractivity contribution in [2.45, 2.75) is 30.7 Å². The lowest BCUT2D eigenvalue weighted by Crippen LogP contribution is -2.26. The average molecular weight is 346 g/mol. The molecule has 23 heavy (non-hydrogen) atoms. The van der Waals surface area contributed by atoms with Crippen molar-refractivity contribution in [3.63, 3.8) is 0 Å². The number of rotatable bonds is 4. The minimum absolute atomic E-state index is 0.0390. The van der Waals surface area contributed by atoms with E-state index in [4.69, 9.17) is 0 Å². The van der Waals surface area contributed by atoms with Gasteiger partial charge in [0, 0.05) is 17.0 Å². The molecule has 1 aliphatic heterocycles. The molecule has 0 spiro atoms. The van der Waals surface area contributed by atoms with Crippen LogP contribution in [0.25, 0.3) is 0 Å². The number of thiophene rings is 1. The number of carbonyl (C=O) groups excluding carboxylic acids is 2. The van der Waals surface area contributed by atoms with E-state index in [0.717, 1.165) is 33.0 Å². The van der Waals surface area contributed by atoms with E-state index in [1.807, 2.05) is 36.8 Å². The Morgan fingerprint density at radius 2 is 2.17 bits per heavy atom. The number of benzene rings is 1. The molecule has 1 aromatic heterocycles. The van der Waals surface area contributed by atoms with Gasteiger partial charge in [-0.05, 0) is 48.2 Å². The monoisotopic (exact) mass is 346 g/mol. The number of carbonyl (C=O) groups is 2. The third kappa shape index (κ3) is 3.43. The number of hydrogen-bond donors (Lipinski definition) is 2. The van der Waals surface area contributed by atoms with Crippen LogP contribution in [-0.4, -0.2) is 18.1 Å². The Labute approximate surface area is 143 Å². The first-order chi connectivity index (χ1) is 11.1. The quantitative estimate of drug-likeness (QED) is 0.827. The predicted molar refractivity (Wildman–Crippen MR) is 95.4 cm³/mol. The molecule has 0 unspecified atom stereocenters. The fraction of sp³-hybridized carbons (Fsp3) is 0.294. The maximum atomic E-state index is 12.4. The summed E-state index contributed by atoms with van der Waals surface area (Å²) in [6, 6.07) is 7.84. The Balaban J connectivity index is 1.75. The van der Waals surface area contributed by atoms with Crippen molar-refractivity contribution in [3.8, 4) is 0 Å². The van der Waals surface area contributed by atoms with Gasteiger partial charge in [0.1, 0.15) is 4.88 Å². The molecule has 2 amide bonds. The van der Waals surface area contributed by atoms with Crippen molar-refractivity contribution in [1.82, 2.24) is 5.32 Å². The van der Waals surface area contributed by atoms with E-state index in [-0.39, 0.29) is 17.9 Å². The van der Waals surface area contributed by atoms with Crippen LogP contribution in [0.2, 0.25) is 0 Å². The van der Waals surface area contributed by atoms with Gasteiger partial charge in [0.05, 0.1) is 6.04 Å². The highest BCUT2D eigenvalue weighted by Gasteiger charge is 2.19. The van der Waals surface area contributed by atoms with Gasteiger partial charge in [0.25, 0.3) is 5.91 Å². The highest BCUT2D eigenvalue weighted by atomic mass is 32.2. The van der Waals surface area contributed by atoms with Gasteiger partial charge in [0.15, 0.2) is 0 Å². The Bertz CT molecular complexity index is 755. The van der Waals surface area contributed by atoms with Crippen LogP contribution in [0.3, 0.4) is 0 Å². The summed E-state index contributed by atoms with van der Waals surface area (Å²) in [5, 5.41) is 7.87. The van der Waals surface area contributed by atoms with E-state index >= 15 is 0 Å². The topological polar surface area (TPSA) is 58.2 Å². The van der Waals surface area contributed by atoms with Crippen LogP contribution in [0.15, 0.2) is 34.5 Å². The zero-order chi connectivity index (χ0) is 16.4. The smallest absolute Gasteiger partial charge is 0.262 e. The molecule has 0 radical (unpaired) electrons. The molecule has 2 N–H and O–H groups in total. The molecule has 1 aromatic carbocycles. The van der Waals surface area contributed by atoms with Gasteiger partial charge in [-0.2, -0.15) is 0 Å². The SMILES string of the molecule is CSc1ccsc1C(=O)N[C@@H](C)c1ccc2c(c1)CCC(=O)N2. The fourth-order valence-electron chi connectivity index (χ4n) is 2.64. The van der Waals surface area contributed by atoms with Gasteiger partial charge in [-0.15, -0.1) is 23.1 Å². The van der Waals surface area contributed by atoms with E-state index < -0.39 is 0 Å². The van der Waals surface area contributed by atoms with Gasteiger partial charge in [-0.25, -0.2) is 0 Å². The van der Waals surface area contributed by atoms with E-state index in [1.54, 1.807) is 11.8 Å². The summed E-state index contributed by atoms with van der Waals surface area (Å²) in [4.78, 5) is 25.6. The molecule has 120 valence electrons. The molecule has 2 heterocycles. The van der Waals surface area contributed by atoms with Crippen LogP contribution in [0.4, 0.5) is 5.69 Å². The van der Waals surface area contributed by atoms with E-state index in [2.05, 4.69) is 16.7 Å². The zero-order valence-corrected chi connectivity index (χ0v) is 14.6. The standard InChI is InChI=1S/C17H18N2O2S2/c1-10(18-17(21)16-14(22-2)7-8-23-16)11-3-5-13-12(9-11)4-6-15(20)19-13/h3,5,7-10H,4,6H2,1-2H3,(H,18,21)(H,19,20)/t10-/m0/s1. The molecular formula is C17H18N2O2S2. The number of anilines is 1. The lowest BCUT2D eigenvalue weighted by molar-refractivity contribution is -0.116. The van der Waals surface area contributed by atoms with Gasteiger partial charge < -0.3 is 10.6 Å². The molecule has 6 heteroatoms. The number of nitrogens with one attached hydrogen (secondary N) is 2. The van der Waals surface area contributed by atoms with Crippen molar-refractivity contribution >= 4 is 40.6 Å². The van der Waals surface area contributed by atoms with Crippen molar-refractivity contribution in [2.75, 3.05) is 11.6 Å². The minimum Gasteiger partial charge on any atom is -0.345 e. The van der Waals surface area contributed by atoms with Gasteiger partial charge in [-0.3, -0.25) is 9.59 Å². The molecule has 0 aliphatic carbocycles. The summed E-state index contributed by atoms with van der Waals surface area (Å²) in [6.45, 7) is 1.98. The molecular weight excluding hydrogens is 328 g/mol. The molecule has 3 rings (SSSR count). The molecule has 1 aliphatic rings. The fourth-order valence-corrected chi connectivity index (χ4v) is 4.30. The minimum atomic E-state index is -0.0813. The largest absolute Gasteiger partial charge is 0.345 e. The second-order valence-corrected chi connectivity index (χ2v) is 7.24. The maximum Gasteiger partial charge on any atom is 0.262 e. The molecule has 2 aromatic rings. The summed E-state index contributed by atoms with van der Waals surface area (Å²) in [5.41, 5.74) is 3.06. The van der Waals surface area contributed by atoms with Gasteiger partial charge >= 0.3 is 0 Å². The Morgan fingerprint density at radius 1 is 1.35 bits per heavy atom. The predicted octanol–water partition coefficient (Wildman–Crippen LogP) is 3.85. The summed E-state index contributed by atoms with van der Waals surface area (Å²) in [5.74, 6) is 0.0248. The normalized spacial score (nSPS) is 14.8. The Hall–Kier alpha value is -1.79. The van der Waals surface area contributed by atoms with Crippen LogP contribution < -0.4 is 10.6 Å². The first-order valence-electron chi connectivity index (χ1n) is 7.43. The summed E-state index contributed by atoms with van der Waals surface area (Å²) in [6.07, 6.45) is 3.24. The van der Waals surface area contributed by atoms with Crippen molar-refractivity contribution in [2.24, 2.45) is 0 Å². The summed E-state index contributed by atoms with van der Waals surface area (Å²) >= 11 is 3.04. The Kier molecular flexibility index (Phi) is 4.73. The summed E-state index contributed by atoms with van der Waals surface area (Å²) < 4.78 is 0. The number of hydrogen-bond acceptors (Lipinski definition) is 4. The first-order valence-corrected chi connectivity index (χ1v) is 9.54. The molecule has 0 saturated heterocycles. The number of fused-ring (bicyclic) bond motifs is 1. The van der Waals surface area contributed by atoms with Crippen molar-refractivity contribution in [1.29, 1.82) is 0 Å². The average Bonchev–Trinajstić information content (AvgIpc) is 3.03. The third-order valence-corrected chi connectivity index (χ3v) is 5.75. The van der Waals surface area contributed by atoms with E-state index in [9.17, 15) is 9.59 Å². The third-order valence-electron chi connectivity index (χ3n) is 3.93. The number of thioether (sulfide) groups is 1. The molecule has 0 fully saturated rings. The molecule has 0 saturated carbocycles. The van der Waals surface area contributed by atoms with E-state index in [1.165, 1.54) is 11.3 Å². The second-order valence-electron chi connectivity index (χ2n) is 5.48. The number of amides is 2. The van der Waals surface area contributed by atoms with Crippen molar-refractivity contribution in [3.05, 3.63) is 45.6 Å². The zero-order valence-electron chi connectivity index (χ0n) is 13.0. The maximum absolute atomic E-state index is 12.4. The van der Waals surface area contributed by atoms with Gasteiger partial charge in [0.2, 0.25) is 5.91 Å².